The van der Waals surface area contributed by atoms with Crippen molar-refractivity contribution in [3.63, 3.8) is 0 Å². The van der Waals surface area contributed by atoms with Gasteiger partial charge in [0.05, 0.1) is 14.2 Å². The van der Waals surface area contributed by atoms with Gasteiger partial charge in [0.25, 0.3) is 0 Å². The number of hydrogen-bond donors (Lipinski definition) is 1. The highest BCUT2D eigenvalue weighted by molar-refractivity contribution is 9.10. The summed E-state index contributed by atoms with van der Waals surface area (Å²) in [7, 11) is -0.735. The number of methoxy groups -OCH3 is 2. The second kappa shape index (κ2) is 7.33. The van der Waals surface area contributed by atoms with Gasteiger partial charge in [-0.05, 0) is 34.5 Å². The molecule has 0 bridgehead atoms. The minimum absolute atomic E-state index is 0.0993. The van der Waals surface area contributed by atoms with E-state index in [1.54, 1.807) is 6.07 Å². The third kappa shape index (κ3) is 4.25. The van der Waals surface area contributed by atoms with Gasteiger partial charge in [-0.3, -0.25) is 0 Å². The molecule has 23 heavy (non-hydrogen) atoms. The van der Waals surface area contributed by atoms with Crippen LogP contribution in [0, 0.1) is 6.92 Å². The summed E-state index contributed by atoms with van der Waals surface area (Å²) in [6.07, 6.45) is 0. The van der Waals surface area contributed by atoms with Crippen LogP contribution in [0.2, 0.25) is 0 Å². The summed E-state index contributed by atoms with van der Waals surface area (Å²) in [5.74, 6) is 0.809. The fourth-order valence-electron chi connectivity index (χ4n) is 2.00. The lowest BCUT2D eigenvalue weighted by Gasteiger charge is -2.13. The van der Waals surface area contributed by atoms with E-state index in [1.165, 1.54) is 20.3 Å². The van der Waals surface area contributed by atoms with Crippen molar-refractivity contribution in [2.45, 2.75) is 18.4 Å². The van der Waals surface area contributed by atoms with E-state index in [4.69, 9.17) is 9.47 Å². The van der Waals surface area contributed by atoms with Crippen molar-refractivity contribution < 1.29 is 17.9 Å². The third-order valence-corrected chi connectivity index (χ3v) is 5.67. The van der Waals surface area contributed by atoms with Gasteiger partial charge in [-0.1, -0.05) is 29.8 Å². The Labute approximate surface area is 144 Å². The Balaban J connectivity index is 2.27. The van der Waals surface area contributed by atoms with E-state index in [1.807, 2.05) is 31.2 Å². The molecule has 0 aliphatic heterocycles. The van der Waals surface area contributed by atoms with E-state index in [2.05, 4.69) is 20.7 Å². The highest BCUT2D eigenvalue weighted by Crippen LogP contribution is 2.35. The minimum atomic E-state index is -3.69. The van der Waals surface area contributed by atoms with Crippen LogP contribution in [0.1, 0.15) is 11.1 Å². The molecule has 0 saturated carbocycles. The van der Waals surface area contributed by atoms with Gasteiger partial charge in [0, 0.05) is 17.1 Å². The molecule has 0 spiro atoms. The Hall–Kier alpha value is -1.57. The van der Waals surface area contributed by atoms with E-state index in [0.29, 0.717) is 16.0 Å². The van der Waals surface area contributed by atoms with E-state index < -0.39 is 10.0 Å². The van der Waals surface area contributed by atoms with Crippen molar-refractivity contribution in [3.05, 3.63) is 52.0 Å². The number of rotatable bonds is 6. The molecule has 0 amide bonds. The molecular formula is C16H18BrNO4S. The number of nitrogens with one attached hydrogen (secondary N) is 1. The zero-order chi connectivity index (χ0) is 17.0. The SMILES string of the molecule is COc1cc(Br)c(S(=O)(=O)NCc2ccc(C)cc2)cc1OC. The summed E-state index contributed by atoms with van der Waals surface area (Å²) in [6, 6.07) is 10.7. The van der Waals surface area contributed by atoms with Gasteiger partial charge < -0.3 is 9.47 Å². The lowest BCUT2D eigenvalue weighted by atomic mass is 10.2. The summed E-state index contributed by atoms with van der Waals surface area (Å²) >= 11 is 3.27. The van der Waals surface area contributed by atoms with Crippen LogP contribution in [-0.2, 0) is 16.6 Å². The zero-order valence-corrected chi connectivity index (χ0v) is 15.5. The van der Waals surface area contributed by atoms with Crippen LogP contribution in [0.4, 0.5) is 0 Å². The normalized spacial score (nSPS) is 11.3. The molecule has 2 aromatic carbocycles. The zero-order valence-electron chi connectivity index (χ0n) is 13.1. The standard InChI is InChI=1S/C16H18BrNO4S/c1-11-4-6-12(7-5-11)10-18-23(19,20)16-9-15(22-3)14(21-2)8-13(16)17/h4-9,18H,10H2,1-3H3. The topological polar surface area (TPSA) is 64.6 Å². The Kier molecular flexibility index (Phi) is 5.67. The number of ether oxygens (including phenoxy) is 2. The first-order chi connectivity index (χ1) is 10.9. The maximum absolute atomic E-state index is 12.5. The first-order valence-electron chi connectivity index (χ1n) is 6.84. The number of sulfonamides is 1. The number of halogens is 1. The van der Waals surface area contributed by atoms with E-state index in [9.17, 15) is 8.42 Å². The van der Waals surface area contributed by atoms with Gasteiger partial charge in [-0.25, -0.2) is 13.1 Å². The van der Waals surface area contributed by atoms with Gasteiger partial charge in [0.2, 0.25) is 10.0 Å². The van der Waals surface area contributed by atoms with Crippen LogP contribution < -0.4 is 14.2 Å². The highest BCUT2D eigenvalue weighted by atomic mass is 79.9. The number of hydrogen-bond acceptors (Lipinski definition) is 4. The second-order valence-electron chi connectivity index (χ2n) is 4.95. The molecule has 0 radical (unpaired) electrons. The molecule has 0 atom stereocenters. The molecule has 0 aliphatic rings. The molecule has 2 aromatic rings. The van der Waals surface area contributed by atoms with Crippen LogP contribution >= 0.6 is 15.9 Å². The first-order valence-corrected chi connectivity index (χ1v) is 9.11. The fourth-order valence-corrected chi connectivity index (χ4v) is 4.06. The Morgan fingerprint density at radius 3 is 2.17 bits per heavy atom. The van der Waals surface area contributed by atoms with E-state index in [0.717, 1.165) is 11.1 Å². The first kappa shape index (κ1) is 17.8. The van der Waals surface area contributed by atoms with Crippen molar-refractivity contribution in [2.24, 2.45) is 0 Å². The number of benzene rings is 2. The Bertz CT molecular complexity index is 788. The molecule has 124 valence electrons. The minimum Gasteiger partial charge on any atom is -0.493 e. The lowest BCUT2D eigenvalue weighted by Crippen LogP contribution is -2.23. The highest BCUT2D eigenvalue weighted by Gasteiger charge is 2.21. The maximum Gasteiger partial charge on any atom is 0.242 e. The van der Waals surface area contributed by atoms with Crippen LogP contribution in [0.5, 0.6) is 11.5 Å². The molecule has 7 heteroatoms. The molecule has 0 aliphatic carbocycles. The summed E-state index contributed by atoms with van der Waals surface area (Å²) in [4.78, 5) is 0.0993. The average molecular weight is 400 g/mol. The summed E-state index contributed by atoms with van der Waals surface area (Å²) in [5.41, 5.74) is 2.01. The molecule has 0 fully saturated rings. The summed E-state index contributed by atoms with van der Waals surface area (Å²) in [6.45, 7) is 2.19. The molecule has 5 nitrogen and oxygen atoms in total. The smallest absolute Gasteiger partial charge is 0.242 e. The van der Waals surface area contributed by atoms with Crippen LogP contribution in [0.15, 0.2) is 45.8 Å². The van der Waals surface area contributed by atoms with Crippen LogP contribution in [-0.4, -0.2) is 22.6 Å². The molecular weight excluding hydrogens is 382 g/mol. The molecule has 0 unspecified atom stereocenters. The molecule has 2 rings (SSSR count). The van der Waals surface area contributed by atoms with Crippen LogP contribution in [0.25, 0.3) is 0 Å². The monoisotopic (exact) mass is 399 g/mol. The lowest BCUT2D eigenvalue weighted by molar-refractivity contribution is 0.353. The summed E-state index contributed by atoms with van der Waals surface area (Å²) in [5, 5.41) is 0. The van der Waals surface area contributed by atoms with E-state index >= 15 is 0 Å². The van der Waals surface area contributed by atoms with Gasteiger partial charge in [-0.2, -0.15) is 0 Å². The second-order valence-corrected chi connectivity index (χ2v) is 7.54. The molecule has 1 N–H and O–H groups in total. The predicted molar refractivity (Wildman–Crippen MR) is 92.5 cm³/mol. The predicted octanol–water partition coefficient (Wildman–Crippen LogP) is 3.25. The van der Waals surface area contributed by atoms with Gasteiger partial charge in [0.1, 0.15) is 4.90 Å². The maximum atomic E-state index is 12.5. The van der Waals surface area contributed by atoms with Crippen molar-refractivity contribution >= 4 is 26.0 Å². The van der Waals surface area contributed by atoms with E-state index in [-0.39, 0.29) is 11.4 Å². The largest absolute Gasteiger partial charge is 0.493 e. The molecule has 0 aromatic heterocycles. The third-order valence-electron chi connectivity index (χ3n) is 3.31. The quantitative estimate of drug-likeness (QED) is 0.809. The van der Waals surface area contributed by atoms with Crippen molar-refractivity contribution in [2.75, 3.05) is 14.2 Å². The van der Waals surface area contributed by atoms with Crippen molar-refractivity contribution in [3.8, 4) is 11.5 Å². The summed E-state index contributed by atoms with van der Waals surface area (Å²) < 4.78 is 38.4. The average Bonchev–Trinajstić information content (AvgIpc) is 2.53. The number of aryl methyl sites for hydroxylation is 1. The Morgan fingerprint density at radius 2 is 1.61 bits per heavy atom. The van der Waals surface area contributed by atoms with Gasteiger partial charge >= 0.3 is 0 Å². The molecule has 0 heterocycles. The Morgan fingerprint density at radius 1 is 1.04 bits per heavy atom. The van der Waals surface area contributed by atoms with Gasteiger partial charge in [0.15, 0.2) is 11.5 Å². The fraction of sp³-hybridized carbons (Fsp3) is 0.250. The van der Waals surface area contributed by atoms with Crippen molar-refractivity contribution in [1.29, 1.82) is 0 Å². The van der Waals surface area contributed by atoms with Crippen molar-refractivity contribution in [1.82, 2.24) is 4.72 Å². The molecule has 0 saturated heterocycles. The van der Waals surface area contributed by atoms with Crippen LogP contribution in [0.3, 0.4) is 0 Å². The van der Waals surface area contributed by atoms with Gasteiger partial charge in [-0.15, -0.1) is 0 Å².